The van der Waals surface area contributed by atoms with Crippen LogP contribution in [-0.4, -0.2) is 59.1 Å². The molecule has 1 heterocycles. The summed E-state index contributed by atoms with van der Waals surface area (Å²) in [5.41, 5.74) is 0.897. The monoisotopic (exact) mass is 490 g/mol. The molecule has 3 rings (SSSR count). The lowest BCUT2D eigenvalue weighted by molar-refractivity contribution is -0.136. The number of rotatable bonds is 8. The van der Waals surface area contributed by atoms with Crippen molar-refractivity contribution in [1.29, 1.82) is 0 Å². The third kappa shape index (κ3) is 5.42. The number of benzene rings is 2. The van der Waals surface area contributed by atoms with Crippen LogP contribution in [-0.2, 0) is 14.8 Å². The summed E-state index contributed by atoms with van der Waals surface area (Å²) in [6.07, 6.45) is -1.00. The lowest BCUT2D eigenvalue weighted by Crippen LogP contribution is -2.48. The largest absolute Gasteiger partial charge is 0.393 e. The van der Waals surface area contributed by atoms with Crippen LogP contribution in [0.25, 0.3) is 0 Å². The molecule has 0 aromatic heterocycles. The summed E-state index contributed by atoms with van der Waals surface area (Å²) >= 11 is 1.41. The lowest BCUT2D eigenvalue weighted by atomic mass is 10.00. The molecule has 3 amide bonds. The predicted octanol–water partition coefficient (Wildman–Crippen LogP) is 3.76. The summed E-state index contributed by atoms with van der Waals surface area (Å²) in [6, 6.07) is 14.2. The van der Waals surface area contributed by atoms with Crippen molar-refractivity contribution in [3.8, 4) is 0 Å². The Bertz CT molecular complexity index is 1090. The first kappa shape index (κ1) is 25.3. The summed E-state index contributed by atoms with van der Waals surface area (Å²) < 4.78 is 27.2. The van der Waals surface area contributed by atoms with Gasteiger partial charge in [-0.05, 0) is 44.0 Å². The molecule has 9 heteroatoms. The molecule has 1 fully saturated rings. The van der Waals surface area contributed by atoms with E-state index in [1.807, 2.05) is 51.1 Å². The summed E-state index contributed by atoms with van der Waals surface area (Å²) in [4.78, 5) is 28.8. The molecule has 2 aromatic carbocycles. The van der Waals surface area contributed by atoms with Crippen LogP contribution >= 0.6 is 11.8 Å². The Balaban J connectivity index is 1.88. The SMILES string of the molecule is Cc1ccc(S(=O)(=O)N2C[C@H](C(C)C)N(C(=O)[C@@H](CSc3ccccc3)[C@@H](C)O)C2=O)cc1. The molecule has 0 unspecified atom stereocenters. The van der Waals surface area contributed by atoms with E-state index in [4.69, 9.17) is 0 Å². The van der Waals surface area contributed by atoms with Gasteiger partial charge in [0.25, 0.3) is 10.0 Å². The van der Waals surface area contributed by atoms with Gasteiger partial charge in [0.15, 0.2) is 0 Å². The van der Waals surface area contributed by atoms with Gasteiger partial charge < -0.3 is 5.11 Å². The minimum Gasteiger partial charge on any atom is -0.393 e. The van der Waals surface area contributed by atoms with Crippen LogP contribution < -0.4 is 0 Å². The molecule has 33 heavy (non-hydrogen) atoms. The van der Waals surface area contributed by atoms with E-state index < -0.39 is 40.0 Å². The minimum atomic E-state index is -4.12. The number of thioether (sulfide) groups is 1. The first-order chi connectivity index (χ1) is 15.5. The Hall–Kier alpha value is -2.36. The molecular weight excluding hydrogens is 460 g/mol. The molecule has 0 bridgehead atoms. The minimum absolute atomic E-state index is 0.00460. The fourth-order valence-corrected chi connectivity index (χ4v) is 6.21. The number of sulfonamides is 1. The van der Waals surface area contributed by atoms with Crippen molar-refractivity contribution in [2.75, 3.05) is 12.3 Å². The first-order valence-corrected chi connectivity index (χ1v) is 13.3. The maximum Gasteiger partial charge on any atom is 0.341 e. The number of aryl methyl sites for hydroxylation is 1. The number of hydrogen-bond acceptors (Lipinski definition) is 6. The van der Waals surface area contributed by atoms with Gasteiger partial charge in [0.1, 0.15) is 0 Å². The zero-order valence-corrected chi connectivity index (χ0v) is 20.8. The maximum atomic E-state index is 13.5. The third-order valence-corrected chi connectivity index (χ3v) is 8.68. The number of nitrogens with zero attached hydrogens (tertiary/aromatic N) is 2. The summed E-state index contributed by atoms with van der Waals surface area (Å²) in [5.74, 6) is -1.31. The molecule has 0 saturated carbocycles. The summed E-state index contributed by atoms with van der Waals surface area (Å²) in [5, 5.41) is 10.4. The van der Waals surface area contributed by atoms with E-state index in [0.29, 0.717) is 0 Å². The van der Waals surface area contributed by atoms with Gasteiger partial charge in [0.2, 0.25) is 5.91 Å². The second-order valence-electron chi connectivity index (χ2n) is 8.62. The topological polar surface area (TPSA) is 95.0 Å². The Kier molecular flexibility index (Phi) is 7.87. The van der Waals surface area contributed by atoms with E-state index in [-0.39, 0.29) is 23.1 Å². The molecule has 2 aromatic rings. The smallest absolute Gasteiger partial charge is 0.341 e. The van der Waals surface area contributed by atoms with Gasteiger partial charge in [-0.2, -0.15) is 0 Å². The fourth-order valence-electron chi connectivity index (χ4n) is 3.69. The molecule has 178 valence electrons. The molecule has 1 aliphatic rings. The molecule has 0 radical (unpaired) electrons. The lowest BCUT2D eigenvalue weighted by Gasteiger charge is -2.29. The van der Waals surface area contributed by atoms with Gasteiger partial charge in [-0.15, -0.1) is 11.8 Å². The Morgan fingerprint density at radius 1 is 1.09 bits per heavy atom. The molecule has 1 saturated heterocycles. The standard InChI is InChI=1S/C24H30N2O5S2/c1-16(2)22-14-25(33(30,31)20-12-10-17(3)11-13-20)24(29)26(22)23(28)21(18(4)27)15-32-19-8-6-5-7-9-19/h5-13,16,18,21-22,27H,14-15H2,1-4H3/t18-,21+,22-/m1/s1. The van der Waals surface area contributed by atoms with E-state index in [2.05, 4.69) is 0 Å². The van der Waals surface area contributed by atoms with Crippen molar-refractivity contribution in [3.63, 3.8) is 0 Å². The second kappa shape index (κ2) is 10.3. The van der Waals surface area contributed by atoms with Gasteiger partial charge in [-0.25, -0.2) is 17.5 Å². The van der Waals surface area contributed by atoms with Gasteiger partial charge >= 0.3 is 6.03 Å². The fraction of sp³-hybridized carbons (Fsp3) is 0.417. The van der Waals surface area contributed by atoms with Crippen LogP contribution in [0.2, 0.25) is 0 Å². The zero-order valence-electron chi connectivity index (χ0n) is 19.2. The summed E-state index contributed by atoms with van der Waals surface area (Å²) in [7, 11) is -4.12. The van der Waals surface area contributed by atoms with Crippen molar-refractivity contribution in [1.82, 2.24) is 9.21 Å². The first-order valence-electron chi connectivity index (χ1n) is 10.9. The quantitative estimate of drug-likeness (QED) is 0.566. The van der Waals surface area contributed by atoms with Crippen molar-refractivity contribution in [3.05, 3.63) is 60.2 Å². The molecular formula is C24H30N2O5S2. The van der Waals surface area contributed by atoms with Crippen molar-refractivity contribution in [2.45, 2.75) is 49.6 Å². The van der Waals surface area contributed by atoms with Crippen LogP contribution in [0.3, 0.4) is 0 Å². The number of imide groups is 1. The number of aliphatic hydroxyl groups excluding tert-OH is 1. The number of amides is 3. The Morgan fingerprint density at radius 3 is 2.24 bits per heavy atom. The molecule has 7 nitrogen and oxygen atoms in total. The predicted molar refractivity (Wildman–Crippen MR) is 128 cm³/mol. The number of urea groups is 1. The van der Waals surface area contributed by atoms with Crippen molar-refractivity contribution in [2.24, 2.45) is 11.8 Å². The van der Waals surface area contributed by atoms with Crippen LogP contribution in [0.15, 0.2) is 64.4 Å². The maximum absolute atomic E-state index is 13.5. The van der Waals surface area contributed by atoms with Gasteiger partial charge in [-0.1, -0.05) is 49.7 Å². The molecule has 1 N–H and O–H groups in total. The highest BCUT2D eigenvalue weighted by Crippen LogP contribution is 2.31. The van der Waals surface area contributed by atoms with E-state index >= 15 is 0 Å². The number of hydrogen-bond donors (Lipinski definition) is 1. The van der Waals surface area contributed by atoms with E-state index in [1.54, 1.807) is 12.1 Å². The molecule has 0 aliphatic carbocycles. The Labute approximate surface area is 199 Å². The van der Waals surface area contributed by atoms with Crippen molar-refractivity contribution >= 4 is 33.7 Å². The average Bonchev–Trinajstić information content (AvgIpc) is 3.13. The van der Waals surface area contributed by atoms with Crippen molar-refractivity contribution < 1.29 is 23.1 Å². The highest BCUT2D eigenvalue weighted by atomic mass is 32.2. The molecule has 1 aliphatic heterocycles. The molecule has 0 spiro atoms. The van der Waals surface area contributed by atoms with E-state index in [1.165, 1.54) is 30.8 Å². The molecule has 3 atom stereocenters. The average molecular weight is 491 g/mol. The van der Waals surface area contributed by atoms with Crippen LogP contribution in [0, 0.1) is 18.8 Å². The van der Waals surface area contributed by atoms with Crippen LogP contribution in [0.5, 0.6) is 0 Å². The van der Waals surface area contributed by atoms with E-state index in [0.717, 1.165) is 19.7 Å². The van der Waals surface area contributed by atoms with Gasteiger partial charge in [-0.3, -0.25) is 9.69 Å². The van der Waals surface area contributed by atoms with Gasteiger partial charge in [0, 0.05) is 10.6 Å². The van der Waals surface area contributed by atoms with Crippen LogP contribution in [0.1, 0.15) is 26.3 Å². The second-order valence-corrected chi connectivity index (χ2v) is 11.6. The highest BCUT2D eigenvalue weighted by Gasteiger charge is 2.49. The van der Waals surface area contributed by atoms with Crippen LogP contribution in [0.4, 0.5) is 4.79 Å². The number of aliphatic hydroxyl groups is 1. The zero-order chi connectivity index (χ0) is 24.3. The Morgan fingerprint density at radius 2 is 1.70 bits per heavy atom. The highest BCUT2D eigenvalue weighted by molar-refractivity contribution is 7.99. The van der Waals surface area contributed by atoms with Gasteiger partial charge in [0.05, 0.1) is 29.5 Å². The summed E-state index contributed by atoms with van der Waals surface area (Å²) in [6.45, 7) is 6.93. The van der Waals surface area contributed by atoms with E-state index in [9.17, 15) is 23.1 Å². The third-order valence-electron chi connectivity index (χ3n) is 5.79. The number of carbonyl (C=O) groups excluding carboxylic acids is 2. The number of carbonyl (C=O) groups is 2. The normalized spacial score (nSPS) is 18.6.